The molecule has 24 heavy (non-hydrogen) atoms. The summed E-state index contributed by atoms with van der Waals surface area (Å²) < 4.78 is 5.20. The van der Waals surface area contributed by atoms with Crippen molar-refractivity contribution in [1.82, 2.24) is 14.7 Å². The second kappa shape index (κ2) is 6.81. The van der Waals surface area contributed by atoms with Crippen LogP contribution in [0.15, 0.2) is 24.3 Å². The maximum Gasteiger partial charge on any atom is 0.327 e. The first-order chi connectivity index (χ1) is 11.5. The van der Waals surface area contributed by atoms with Gasteiger partial charge in [0.1, 0.15) is 11.8 Å². The molecule has 6 nitrogen and oxygen atoms in total. The molecule has 2 atom stereocenters. The van der Waals surface area contributed by atoms with Crippen LogP contribution in [0, 0.1) is 0 Å². The van der Waals surface area contributed by atoms with E-state index in [0.717, 1.165) is 30.6 Å². The van der Waals surface area contributed by atoms with Crippen molar-refractivity contribution in [3.63, 3.8) is 0 Å². The van der Waals surface area contributed by atoms with Crippen LogP contribution in [0.2, 0.25) is 0 Å². The van der Waals surface area contributed by atoms with Gasteiger partial charge in [0, 0.05) is 6.54 Å². The van der Waals surface area contributed by atoms with E-state index in [-0.39, 0.29) is 24.0 Å². The van der Waals surface area contributed by atoms with E-state index < -0.39 is 0 Å². The molecule has 2 fully saturated rings. The fourth-order valence-corrected chi connectivity index (χ4v) is 3.58. The molecule has 0 unspecified atom stereocenters. The molecule has 0 bridgehead atoms. The molecule has 6 heteroatoms. The zero-order valence-electron chi connectivity index (χ0n) is 14.6. The van der Waals surface area contributed by atoms with Gasteiger partial charge in [-0.3, -0.25) is 9.69 Å². The van der Waals surface area contributed by atoms with Crippen LogP contribution >= 0.6 is 0 Å². The highest BCUT2D eigenvalue weighted by molar-refractivity contribution is 6.04. The van der Waals surface area contributed by atoms with Crippen molar-refractivity contribution in [3.05, 3.63) is 29.8 Å². The zero-order valence-corrected chi connectivity index (χ0v) is 14.6. The number of piperidine rings is 1. The van der Waals surface area contributed by atoms with Gasteiger partial charge in [0.15, 0.2) is 0 Å². The molecule has 0 radical (unpaired) electrons. The molecule has 3 rings (SSSR count). The largest absolute Gasteiger partial charge is 0.497 e. The maximum absolute atomic E-state index is 12.7. The Balaban J connectivity index is 1.80. The van der Waals surface area contributed by atoms with Gasteiger partial charge in [0.05, 0.1) is 19.7 Å². The Kier molecular flexibility index (Phi) is 4.76. The number of urea groups is 1. The summed E-state index contributed by atoms with van der Waals surface area (Å²) in [5.41, 5.74) is 1.06. The van der Waals surface area contributed by atoms with Crippen molar-refractivity contribution < 1.29 is 14.3 Å². The Bertz CT molecular complexity index is 590. The van der Waals surface area contributed by atoms with Gasteiger partial charge in [-0.05, 0) is 51.1 Å². The molecule has 2 aliphatic heterocycles. The lowest BCUT2D eigenvalue weighted by Crippen LogP contribution is -2.40. The standard InChI is InChI=1S/C18H25N3O3/c1-19(2)16(13-7-9-14(24-3)10-8-13)12-21-17(22)15-6-4-5-11-20(15)18(21)23/h7-10,15-16H,4-6,11-12H2,1-3H3/t15-,16-/m0/s1. The van der Waals surface area contributed by atoms with E-state index >= 15 is 0 Å². The first-order valence-corrected chi connectivity index (χ1v) is 8.45. The molecular formula is C18H25N3O3. The number of likely N-dealkylation sites (N-methyl/N-ethyl adjacent to an activating group) is 1. The van der Waals surface area contributed by atoms with E-state index in [1.54, 1.807) is 12.0 Å². The van der Waals surface area contributed by atoms with Gasteiger partial charge in [-0.2, -0.15) is 0 Å². The highest BCUT2D eigenvalue weighted by Gasteiger charge is 2.46. The van der Waals surface area contributed by atoms with Crippen molar-refractivity contribution in [2.45, 2.75) is 31.3 Å². The number of hydrogen-bond donors (Lipinski definition) is 0. The van der Waals surface area contributed by atoms with Crippen molar-refractivity contribution >= 4 is 11.9 Å². The van der Waals surface area contributed by atoms with Gasteiger partial charge in [0.2, 0.25) is 0 Å². The van der Waals surface area contributed by atoms with E-state index in [2.05, 4.69) is 0 Å². The van der Waals surface area contributed by atoms with E-state index in [1.165, 1.54) is 4.90 Å². The number of nitrogens with zero attached hydrogens (tertiary/aromatic N) is 3. The van der Waals surface area contributed by atoms with Crippen LogP contribution in [0.4, 0.5) is 4.79 Å². The minimum Gasteiger partial charge on any atom is -0.497 e. The molecule has 3 amide bonds. The summed E-state index contributed by atoms with van der Waals surface area (Å²) >= 11 is 0. The van der Waals surface area contributed by atoms with E-state index in [1.807, 2.05) is 43.3 Å². The fourth-order valence-electron chi connectivity index (χ4n) is 3.58. The molecule has 2 saturated heterocycles. The fraction of sp³-hybridized carbons (Fsp3) is 0.556. The summed E-state index contributed by atoms with van der Waals surface area (Å²) in [6, 6.07) is 7.37. The summed E-state index contributed by atoms with van der Waals surface area (Å²) in [6.07, 6.45) is 2.79. The van der Waals surface area contributed by atoms with Crippen LogP contribution in [0.25, 0.3) is 0 Å². The number of amides is 3. The lowest BCUT2D eigenvalue weighted by Gasteiger charge is -2.28. The monoisotopic (exact) mass is 331 g/mol. The number of ether oxygens (including phenoxy) is 1. The Hall–Kier alpha value is -2.08. The third-order valence-corrected chi connectivity index (χ3v) is 5.01. The summed E-state index contributed by atoms with van der Waals surface area (Å²) in [7, 11) is 5.57. The number of imide groups is 1. The van der Waals surface area contributed by atoms with Crippen LogP contribution in [-0.4, -0.2) is 67.0 Å². The third kappa shape index (κ3) is 2.98. The first kappa shape index (κ1) is 16.8. The van der Waals surface area contributed by atoms with Crippen LogP contribution in [0.5, 0.6) is 5.75 Å². The molecule has 1 aromatic carbocycles. The summed E-state index contributed by atoms with van der Waals surface area (Å²) in [6.45, 7) is 1.07. The Labute approximate surface area is 143 Å². The molecule has 0 saturated carbocycles. The quantitative estimate of drug-likeness (QED) is 0.776. The first-order valence-electron chi connectivity index (χ1n) is 8.45. The predicted octanol–water partition coefficient (Wildman–Crippen LogP) is 2.11. The number of hydrogen-bond acceptors (Lipinski definition) is 4. The van der Waals surface area contributed by atoms with Crippen molar-refractivity contribution in [2.75, 3.05) is 34.3 Å². The highest BCUT2D eigenvalue weighted by Crippen LogP contribution is 2.30. The Morgan fingerprint density at radius 1 is 1.21 bits per heavy atom. The minimum atomic E-state index is -0.245. The second-order valence-electron chi connectivity index (χ2n) is 6.69. The minimum absolute atomic E-state index is 0.0369. The summed E-state index contributed by atoms with van der Waals surface area (Å²) in [4.78, 5) is 30.5. The van der Waals surface area contributed by atoms with Crippen molar-refractivity contribution in [1.29, 1.82) is 0 Å². The van der Waals surface area contributed by atoms with Crippen LogP contribution in [-0.2, 0) is 4.79 Å². The average molecular weight is 331 g/mol. The van der Waals surface area contributed by atoms with E-state index in [9.17, 15) is 9.59 Å². The lowest BCUT2D eigenvalue weighted by molar-refractivity contribution is -0.129. The van der Waals surface area contributed by atoms with Crippen LogP contribution < -0.4 is 4.74 Å². The summed E-state index contributed by atoms with van der Waals surface area (Å²) in [5, 5.41) is 0. The average Bonchev–Trinajstić information content (AvgIpc) is 2.84. The second-order valence-corrected chi connectivity index (χ2v) is 6.69. The zero-order chi connectivity index (χ0) is 17.3. The van der Waals surface area contributed by atoms with Crippen LogP contribution in [0.1, 0.15) is 30.9 Å². The van der Waals surface area contributed by atoms with Crippen LogP contribution in [0.3, 0.4) is 0 Å². The number of carbonyl (C=O) groups excluding carboxylic acids is 2. The molecule has 0 N–H and O–H groups in total. The third-order valence-electron chi connectivity index (χ3n) is 5.01. The topological polar surface area (TPSA) is 53.1 Å². The number of rotatable bonds is 5. The number of fused-ring (bicyclic) bond motifs is 1. The molecule has 0 aliphatic carbocycles. The van der Waals surface area contributed by atoms with Gasteiger partial charge in [-0.25, -0.2) is 4.79 Å². The molecule has 2 heterocycles. The Morgan fingerprint density at radius 3 is 2.50 bits per heavy atom. The Morgan fingerprint density at radius 2 is 1.92 bits per heavy atom. The number of benzene rings is 1. The van der Waals surface area contributed by atoms with Crippen molar-refractivity contribution in [2.24, 2.45) is 0 Å². The van der Waals surface area contributed by atoms with Gasteiger partial charge in [-0.1, -0.05) is 12.1 Å². The molecule has 0 spiro atoms. The van der Waals surface area contributed by atoms with Gasteiger partial charge in [-0.15, -0.1) is 0 Å². The predicted molar refractivity (Wildman–Crippen MR) is 90.9 cm³/mol. The van der Waals surface area contributed by atoms with Gasteiger partial charge >= 0.3 is 6.03 Å². The smallest absolute Gasteiger partial charge is 0.327 e. The van der Waals surface area contributed by atoms with Crippen molar-refractivity contribution in [3.8, 4) is 5.75 Å². The number of carbonyl (C=O) groups is 2. The highest BCUT2D eigenvalue weighted by atomic mass is 16.5. The molecule has 130 valence electrons. The molecular weight excluding hydrogens is 306 g/mol. The van der Waals surface area contributed by atoms with E-state index in [0.29, 0.717) is 13.1 Å². The SMILES string of the molecule is COc1ccc([C@H](CN2C(=O)[C@@H]3CCCCN3C2=O)N(C)C)cc1. The normalized spacial score (nSPS) is 22.1. The van der Waals surface area contributed by atoms with Gasteiger partial charge in [0.25, 0.3) is 5.91 Å². The molecule has 1 aromatic rings. The summed E-state index contributed by atoms with van der Waals surface area (Å²) in [5.74, 6) is 0.752. The molecule has 0 aromatic heterocycles. The van der Waals surface area contributed by atoms with Gasteiger partial charge < -0.3 is 14.5 Å². The lowest BCUT2D eigenvalue weighted by atomic mass is 10.0. The number of methoxy groups -OCH3 is 1. The molecule has 2 aliphatic rings. The maximum atomic E-state index is 12.7. The van der Waals surface area contributed by atoms with E-state index in [4.69, 9.17) is 4.74 Å².